The molecule has 2 unspecified atom stereocenters. The van der Waals surface area contributed by atoms with Crippen molar-refractivity contribution in [2.45, 2.75) is 12.2 Å². The van der Waals surface area contributed by atoms with Crippen molar-refractivity contribution in [1.29, 1.82) is 0 Å². The molecule has 1 amide bonds. The van der Waals surface area contributed by atoms with Crippen molar-refractivity contribution in [2.75, 3.05) is 33.9 Å². The maximum Gasteiger partial charge on any atom is 0.236 e. The number of carbonyl (C=O) groups excluding carboxylic acids is 1. The van der Waals surface area contributed by atoms with Crippen LogP contribution in [0.2, 0.25) is 0 Å². The van der Waals surface area contributed by atoms with Gasteiger partial charge < -0.3 is 20.1 Å². The summed E-state index contributed by atoms with van der Waals surface area (Å²) in [5.74, 6) is -0.0541. The van der Waals surface area contributed by atoms with Crippen LogP contribution in [0.3, 0.4) is 0 Å². The molecule has 0 aliphatic carbocycles. The molecule has 0 bridgehead atoms. The average molecular weight is 188 g/mol. The second-order valence-electron chi connectivity index (χ2n) is 3.05. The van der Waals surface area contributed by atoms with Crippen molar-refractivity contribution in [3.63, 3.8) is 0 Å². The van der Waals surface area contributed by atoms with Crippen LogP contribution in [0, 0.1) is 0 Å². The third-order valence-electron chi connectivity index (χ3n) is 2.35. The summed E-state index contributed by atoms with van der Waals surface area (Å²) in [6, 6.07) is 0. The van der Waals surface area contributed by atoms with Crippen LogP contribution in [0.1, 0.15) is 0 Å². The molecule has 5 nitrogen and oxygen atoms in total. The molecule has 1 fully saturated rings. The molecule has 13 heavy (non-hydrogen) atoms. The van der Waals surface area contributed by atoms with Gasteiger partial charge in [0.1, 0.15) is 12.2 Å². The van der Waals surface area contributed by atoms with Crippen LogP contribution in [-0.4, -0.2) is 56.9 Å². The van der Waals surface area contributed by atoms with Crippen LogP contribution in [0.4, 0.5) is 0 Å². The van der Waals surface area contributed by atoms with Gasteiger partial charge in [-0.1, -0.05) is 0 Å². The van der Waals surface area contributed by atoms with Gasteiger partial charge in [0.05, 0.1) is 6.54 Å². The van der Waals surface area contributed by atoms with Gasteiger partial charge in [0, 0.05) is 27.3 Å². The van der Waals surface area contributed by atoms with Crippen molar-refractivity contribution in [3.05, 3.63) is 0 Å². The normalized spacial score (nSPS) is 28.1. The van der Waals surface area contributed by atoms with E-state index in [0.717, 1.165) is 0 Å². The van der Waals surface area contributed by atoms with E-state index in [2.05, 4.69) is 0 Å². The van der Waals surface area contributed by atoms with Gasteiger partial charge in [-0.15, -0.1) is 0 Å². The van der Waals surface area contributed by atoms with Crippen molar-refractivity contribution >= 4 is 5.91 Å². The van der Waals surface area contributed by atoms with E-state index in [9.17, 15) is 4.79 Å². The molecule has 76 valence electrons. The minimum absolute atomic E-state index is 0.0273. The molecule has 0 aromatic heterocycles. The Morgan fingerprint density at radius 2 is 1.85 bits per heavy atom. The molecule has 0 radical (unpaired) electrons. The Labute approximate surface area is 77.8 Å². The monoisotopic (exact) mass is 188 g/mol. The summed E-state index contributed by atoms with van der Waals surface area (Å²) in [4.78, 5) is 12.9. The third kappa shape index (κ3) is 2.18. The smallest absolute Gasteiger partial charge is 0.236 e. The number of rotatable bonds is 3. The van der Waals surface area contributed by atoms with Crippen molar-refractivity contribution in [1.82, 2.24) is 4.90 Å². The zero-order valence-electron chi connectivity index (χ0n) is 8.03. The van der Waals surface area contributed by atoms with E-state index < -0.39 is 0 Å². The topological polar surface area (TPSA) is 64.8 Å². The van der Waals surface area contributed by atoms with Crippen LogP contribution in [-0.2, 0) is 14.3 Å². The highest BCUT2D eigenvalue weighted by atomic mass is 16.5. The maximum atomic E-state index is 11.2. The summed E-state index contributed by atoms with van der Waals surface area (Å²) in [7, 11) is 3.24. The number of likely N-dealkylation sites (tertiary alicyclic amines) is 1. The molecule has 2 atom stereocenters. The SMILES string of the molecule is COC1CN(C(=O)CN)CC1OC. The molecule has 1 rings (SSSR count). The number of nitrogens with two attached hydrogens (primary N) is 1. The Kier molecular flexibility index (Phi) is 3.65. The van der Waals surface area contributed by atoms with E-state index >= 15 is 0 Å². The Balaban J connectivity index is 2.52. The van der Waals surface area contributed by atoms with Crippen molar-refractivity contribution in [2.24, 2.45) is 5.73 Å². The average Bonchev–Trinajstić information content (AvgIpc) is 2.59. The van der Waals surface area contributed by atoms with E-state index in [1.165, 1.54) is 0 Å². The lowest BCUT2D eigenvalue weighted by Crippen LogP contribution is -2.35. The highest BCUT2D eigenvalue weighted by molar-refractivity contribution is 5.78. The number of carbonyl (C=O) groups is 1. The predicted molar refractivity (Wildman–Crippen MR) is 47.2 cm³/mol. The number of nitrogens with zero attached hydrogens (tertiary/aromatic N) is 1. The third-order valence-corrected chi connectivity index (χ3v) is 2.35. The quantitative estimate of drug-likeness (QED) is 0.605. The lowest BCUT2D eigenvalue weighted by atomic mass is 10.3. The standard InChI is InChI=1S/C8H16N2O3/c1-12-6-4-10(8(11)3-9)5-7(6)13-2/h6-7H,3-5,9H2,1-2H3. The van der Waals surface area contributed by atoms with Gasteiger partial charge in [0.2, 0.25) is 5.91 Å². The van der Waals surface area contributed by atoms with Gasteiger partial charge in [0.25, 0.3) is 0 Å². The fraction of sp³-hybridized carbons (Fsp3) is 0.875. The lowest BCUT2D eigenvalue weighted by molar-refractivity contribution is -0.129. The lowest BCUT2D eigenvalue weighted by Gasteiger charge is -2.13. The summed E-state index contributed by atoms with van der Waals surface area (Å²) < 4.78 is 10.4. The molecular weight excluding hydrogens is 172 g/mol. The number of amides is 1. The molecular formula is C8H16N2O3. The molecule has 1 heterocycles. The molecule has 0 spiro atoms. The van der Waals surface area contributed by atoms with E-state index in [-0.39, 0.29) is 24.7 Å². The molecule has 1 saturated heterocycles. The highest BCUT2D eigenvalue weighted by Gasteiger charge is 2.34. The summed E-state index contributed by atoms with van der Waals surface area (Å²) >= 11 is 0. The molecule has 0 aromatic rings. The fourth-order valence-electron chi connectivity index (χ4n) is 1.53. The first-order valence-electron chi connectivity index (χ1n) is 4.26. The van der Waals surface area contributed by atoms with Crippen LogP contribution in [0.25, 0.3) is 0 Å². The number of hydrogen-bond donors (Lipinski definition) is 1. The Bertz CT molecular complexity index is 174. The number of ether oxygens (including phenoxy) is 2. The van der Waals surface area contributed by atoms with Gasteiger partial charge >= 0.3 is 0 Å². The van der Waals surface area contributed by atoms with Crippen LogP contribution >= 0.6 is 0 Å². The van der Waals surface area contributed by atoms with E-state index in [0.29, 0.717) is 13.1 Å². The van der Waals surface area contributed by atoms with Gasteiger partial charge in [-0.3, -0.25) is 4.79 Å². The van der Waals surface area contributed by atoms with Gasteiger partial charge in [-0.05, 0) is 0 Å². The summed E-state index contributed by atoms with van der Waals surface area (Å²) in [6.45, 7) is 1.20. The Hall–Kier alpha value is -0.650. The Morgan fingerprint density at radius 3 is 2.15 bits per heavy atom. The highest BCUT2D eigenvalue weighted by Crippen LogP contribution is 2.15. The second-order valence-corrected chi connectivity index (χ2v) is 3.05. The first kappa shape index (κ1) is 10.4. The number of methoxy groups -OCH3 is 2. The van der Waals surface area contributed by atoms with Crippen LogP contribution < -0.4 is 5.73 Å². The molecule has 1 aliphatic heterocycles. The molecule has 1 aliphatic rings. The minimum atomic E-state index is -0.0541. The van der Waals surface area contributed by atoms with Crippen molar-refractivity contribution < 1.29 is 14.3 Å². The van der Waals surface area contributed by atoms with E-state index in [1.54, 1.807) is 19.1 Å². The fourth-order valence-corrected chi connectivity index (χ4v) is 1.53. The number of hydrogen-bond acceptors (Lipinski definition) is 4. The predicted octanol–water partition coefficient (Wildman–Crippen LogP) is -1.18. The second kappa shape index (κ2) is 4.55. The first-order valence-corrected chi connectivity index (χ1v) is 4.26. The summed E-state index contributed by atoms with van der Waals surface area (Å²) in [6.07, 6.45) is -0.0546. The largest absolute Gasteiger partial charge is 0.377 e. The van der Waals surface area contributed by atoms with Crippen molar-refractivity contribution in [3.8, 4) is 0 Å². The van der Waals surface area contributed by atoms with Crippen LogP contribution in [0.5, 0.6) is 0 Å². The van der Waals surface area contributed by atoms with E-state index in [1.807, 2.05) is 0 Å². The Morgan fingerprint density at radius 1 is 1.38 bits per heavy atom. The molecule has 2 N–H and O–H groups in total. The zero-order valence-corrected chi connectivity index (χ0v) is 8.03. The first-order chi connectivity index (χ1) is 6.22. The van der Waals surface area contributed by atoms with Gasteiger partial charge in [-0.2, -0.15) is 0 Å². The molecule has 5 heteroatoms. The zero-order chi connectivity index (χ0) is 9.84. The minimum Gasteiger partial charge on any atom is -0.377 e. The van der Waals surface area contributed by atoms with E-state index in [4.69, 9.17) is 15.2 Å². The summed E-state index contributed by atoms with van der Waals surface area (Å²) in [5.41, 5.74) is 5.25. The van der Waals surface area contributed by atoms with Gasteiger partial charge in [0.15, 0.2) is 0 Å². The molecule has 0 saturated carbocycles. The van der Waals surface area contributed by atoms with Crippen LogP contribution in [0.15, 0.2) is 0 Å². The maximum absolute atomic E-state index is 11.2. The summed E-state index contributed by atoms with van der Waals surface area (Å²) in [5, 5.41) is 0. The molecule has 0 aromatic carbocycles. The van der Waals surface area contributed by atoms with Gasteiger partial charge in [-0.25, -0.2) is 0 Å².